The molecule has 20 heavy (non-hydrogen) atoms. The Morgan fingerprint density at radius 3 is 2.35 bits per heavy atom. The lowest BCUT2D eigenvalue weighted by Crippen LogP contribution is -2.37. The molecule has 1 unspecified atom stereocenters. The second-order valence-electron chi connectivity index (χ2n) is 4.23. The van der Waals surface area contributed by atoms with E-state index in [4.69, 9.17) is 5.73 Å². The quantitative estimate of drug-likeness (QED) is 0.902. The van der Waals surface area contributed by atoms with Gasteiger partial charge in [0.15, 0.2) is 0 Å². The summed E-state index contributed by atoms with van der Waals surface area (Å²) in [6.07, 6.45) is 0. The summed E-state index contributed by atoms with van der Waals surface area (Å²) in [6, 6.07) is 15.0. The van der Waals surface area contributed by atoms with Gasteiger partial charge in [0.25, 0.3) is 5.91 Å². The van der Waals surface area contributed by atoms with Crippen LogP contribution in [0, 0.1) is 0 Å². The van der Waals surface area contributed by atoms with Crippen molar-refractivity contribution in [2.75, 3.05) is 0 Å². The zero-order valence-electron chi connectivity index (χ0n) is 10.5. The minimum Gasteiger partial charge on any atom is -0.368 e. The van der Waals surface area contributed by atoms with Gasteiger partial charge in [-0.1, -0.05) is 52.3 Å². The van der Waals surface area contributed by atoms with Crippen molar-refractivity contribution in [1.29, 1.82) is 0 Å². The van der Waals surface area contributed by atoms with Crippen LogP contribution in [0.25, 0.3) is 0 Å². The van der Waals surface area contributed by atoms with E-state index in [1.807, 2.05) is 12.1 Å². The summed E-state index contributed by atoms with van der Waals surface area (Å²) in [6.45, 7) is 0. The van der Waals surface area contributed by atoms with E-state index in [0.717, 1.165) is 4.47 Å². The molecule has 0 aliphatic rings. The lowest BCUT2D eigenvalue weighted by Gasteiger charge is -2.16. The van der Waals surface area contributed by atoms with E-state index in [9.17, 15) is 9.59 Å². The van der Waals surface area contributed by atoms with Crippen LogP contribution in [0.15, 0.2) is 59.1 Å². The van der Waals surface area contributed by atoms with Gasteiger partial charge in [-0.3, -0.25) is 9.59 Å². The van der Waals surface area contributed by atoms with Gasteiger partial charge in [-0.05, 0) is 23.8 Å². The molecule has 4 nitrogen and oxygen atoms in total. The summed E-state index contributed by atoms with van der Waals surface area (Å²) >= 11 is 3.30. The zero-order valence-corrected chi connectivity index (χ0v) is 12.1. The maximum Gasteiger partial charge on any atom is 0.252 e. The number of nitrogens with one attached hydrogen (secondary N) is 1. The third-order valence-corrected chi connectivity index (χ3v) is 3.27. The summed E-state index contributed by atoms with van der Waals surface area (Å²) in [5.74, 6) is -0.946. The van der Waals surface area contributed by atoms with E-state index in [1.54, 1.807) is 42.5 Å². The first kappa shape index (κ1) is 14.3. The monoisotopic (exact) mass is 332 g/mol. The van der Waals surface area contributed by atoms with Gasteiger partial charge in [0.2, 0.25) is 5.91 Å². The summed E-state index contributed by atoms with van der Waals surface area (Å²) in [4.78, 5) is 23.7. The molecule has 0 aliphatic heterocycles. The first-order chi connectivity index (χ1) is 9.58. The molecule has 0 bridgehead atoms. The smallest absolute Gasteiger partial charge is 0.252 e. The number of hydrogen-bond donors (Lipinski definition) is 2. The van der Waals surface area contributed by atoms with Crippen LogP contribution in [0.4, 0.5) is 0 Å². The normalized spacial score (nSPS) is 11.7. The summed E-state index contributed by atoms with van der Waals surface area (Å²) in [5.41, 5.74) is 6.48. The molecule has 0 heterocycles. The summed E-state index contributed by atoms with van der Waals surface area (Å²) < 4.78 is 0.792. The fourth-order valence-corrected chi connectivity index (χ4v) is 2.21. The van der Waals surface area contributed by atoms with E-state index in [-0.39, 0.29) is 5.91 Å². The van der Waals surface area contributed by atoms with Gasteiger partial charge < -0.3 is 11.1 Å². The molecule has 2 rings (SSSR count). The number of primary amides is 1. The molecule has 0 fully saturated rings. The van der Waals surface area contributed by atoms with E-state index in [0.29, 0.717) is 11.1 Å². The Labute approximate surface area is 125 Å². The highest BCUT2D eigenvalue weighted by atomic mass is 79.9. The number of rotatable bonds is 4. The van der Waals surface area contributed by atoms with Crippen LogP contribution in [-0.2, 0) is 4.79 Å². The molecule has 0 saturated heterocycles. The molecule has 2 amide bonds. The van der Waals surface area contributed by atoms with Crippen LogP contribution in [0.2, 0.25) is 0 Å². The van der Waals surface area contributed by atoms with Crippen molar-refractivity contribution in [3.63, 3.8) is 0 Å². The number of halogens is 1. The Bertz CT molecular complexity index is 629. The van der Waals surface area contributed by atoms with Crippen LogP contribution in [0.5, 0.6) is 0 Å². The zero-order chi connectivity index (χ0) is 14.5. The van der Waals surface area contributed by atoms with Crippen LogP contribution in [0.3, 0.4) is 0 Å². The molecule has 2 aromatic rings. The van der Waals surface area contributed by atoms with Crippen molar-refractivity contribution in [1.82, 2.24) is 5.32 Å². The maximum atomic E-state index is 12.1. The van der Waals surface area contributed by atoms with Gasteiger partial charge in [0.05, 0.1) is 0 Å². The number of amides is 2. The summed E-state index contributed by atoms with van der Waals surface area (Å²) in [5, 5.41) is 2.64. The van der Waals surface area contributed by atoms with Crippen molar-refractivity contribution in [2.24, 2.45) is 5.73 Å². The van der Waals surface area contributed by atoms with Gasteiger partial charge >= 0.3 is 0 Å². The topological polar surface area (TPSA) is 72.2 Å². The standard InChI is InChI=1S/C15H13BrN2O2/c16-12-8-4-7-11(9-12)15(20)18-13(14(17)19)10-5-2-1-3-6-10/h1-9,13H,(H2,17,19)(H,18,20). The second kappa shape index (κ2) is 6.34. The van der Waals surface area contributed by atoms with Crippen LogP contribution in [-0.4, -0.2) is 11.8 Å². The Kier molecular flexibility index (Phi) is 4.53. The van der Waals surface area contributed by atoms with Crippen molar-refractivity contribution in [3.05, 3.63) is 70.2 Å². The highest BCUT2D eigenvalue weighted by Gasteiger charge is 2.20. The maximum absolute atomic E-state index is 12.1. The third kappa shape index (κ3) is 3.45. The van der Waals surface area contributed by atoms with Crippen LogP contribution >= 0.6 is 15.9 Å². The minimum atomic E-state index is -0.845. The van der Waals surface area contributed by atoms with Gasteiger partial charge in [0.1, 0.15) is 6.04 Å². The first-order valence-corrected chi connectivity index (χ1v) is 6.78. The van der Waals surface area contributed by atoms with Crippen molar-refractivity contribution < 1.29 is 9.59 Å². The first-order valence-electron chi connectivity index (χ1n) is 5.98. The molecule has 2 aromatic carbocycles. The molecule has 0 spiro atoms. The van der Waals surface area contributed by atoms with Crippen molar-refractivity contribution in [3.8, 4) is 0 Å². The Balaban J connectivity index is 2.21. The highest BCUT2D eigenvalue weighted by molar-refractivity contribution is 9.10. The Hall–Kier alpha value is -2.14. The molecular weight excluding hydrogens is 320 g/mol. The van der Waals surface area contributed by atoms with Crippen molar-refractivity contribution >= 4 is 27.7 Å². The van der Waals surface area contributed by atoms with Gasteiger partial charge in [0, 0.05) is 10.0 Å². The van der Waals surface area contributed by atoms with E-state index in [2.05, 4.69) is 21.2 Å². The van der Waals surface area contributed by atoms with Gasteiger partial charge in [-0.2, -0.15) is 0 Å². The molecule has 5 heteroatoms. The fourth-order valence-electron chi connectivity index (χ4n) is 1.81. The predicted molar refractivity (Wildman–Crippen MR) is 80.0 cm³/mol. The van der Waals surface area contributed by atoms with E-state index >= 15 is 0 Å². The molecule has 0 aliphatic carbocycles. The number of carbonyl (C=O) groups is 2. The van der Waals surface area contributed by atoms with E-state index < -0.39 is 11.9 Å². The molecule has 0 radical (unpaired) electrons. The number of hydrogen-bond acceptors (Lipinski definition) is 2. The van der Waals surface area contributed by atoms with Crippen molar-refractivity contribution in [2.45, 2.75) is 6.04 Å². The molecule has 0 aromatic heterocycles. The van der Waals surface area contributed by atoms with Crippen LogP contribution in [0.1, 0.15) is 22.0 Å². The van der Waals surface area contributed by atoms with Gasteiger partial charge in [-0.25, -0.2) is 0 Å². The lowest BCUT2D eigenvalue weighted by molar-refractivity contribution is -0.120. The third-order valence-electron chi connectivity index (χ3n) is 2.78. The molecule has 102 valence electrons. The van der Waals surface area contributed by atoms with E-state index in [1.165, 1.54) is 0 Å². The lowest BCUT2D eigenvalue weighted by atomic mass is 10.1. The average Bonchev–Trinajstić information content (AvgIpc) is 2.45. The number of benzene rings is 2. The fraction of sp³-hybridized carbons (Fsp3) is 0.0667. The molecular formula is C15H13BrN2O2. The molecule has 1 atom stereocenters. The Morgan fingerprint density at radius 2 is 1.75 bits per heavy atom. The Morgan fingerprint density at radius 1 is 1.05 bits per heavy atom. The highest BCUT2D eigenvalue weighted by Crippen LogP contribution is 2.15. The van der Waals surface area contributed by atoms with Gasteiger partial charge in [-0.15, -0.1) is 0 Å². The molecule has 0 saturated carbocycles. The average molecular weight is 333 g/mol. The predicted octanol–water partition coefficient (Wildman–Crippen LogP) is 2.41. The SMILES string of the molecule is NC(=O)C(NC(=O)c1cccc(Br)c1)c1ccccc1. The number of carbonyl (C=O) groups excluding carboxylic acids is 2. The minimum absolute atomic E-state index is 0.348. The number of nitrogens with two attached hydrogens (primary N) is 1. The molecule has 3 N–H and O–H groups in total. The van der Waals surface area contributed by atoms with Crippen LogP contribution < -0.4 is 11.1 Å². The summed E-state index contributed by atoms with van der Waals surface area (Å²) in [7, 11) is 0. The largest absolute Gasteiger partial charge is 0.368 e. The second-order valence-corrected chi connectivity index (χ2v) is 5.15.